The molecule has 3 rings (SSSR count). The predicted molar refractivity (Wildman–Crippen MR) is 79.7 cm³/mol. The van der Waals surface area contributed by atoms with Crippen molar-refractivity contribution >= 4 is 17.3 Å². The van der Waals surface area contributed by atoms with Crippen LogP contribution in [0.2, 0.25) is 0 Å². The van der Waals surface area contributed by atoms with Crippen molar-refractivity contribution in [2.24, 2.45) is 0 Å². The van der Waals surface area contributed by atoms with Crippen molar-refractivity contribution in [1.82, 2.24) is 15.0 Å². The molecule has 110 valence electrons. The van der Waals surface area contributed by atoms with E-state index in [1.807, 2.05) is 6.07 Å². The van der Waals surface area contributed by atoms with Gasteiger partial charge in [0.15, 0.2) is 0 Å². The maximum Gasteiger partial charge on any atom is 0.225 e. The Kier molecular flexibility index (Phi) is 3.55. The van der Waals surface area contributed by atoms with Crippen LogP contribution < -0.4 is 15.5 Å². The van der Waals surface area contributed by atoms with Gasteiger partial charge in [-0.15, -0.1) is 0 Å². The Morgan fingerprint density at radius 3 is 2.67 bits per heavy atom. The SMILES string of the molecule is C[C@H]1CN(c2ccnc(F)c2)CCN1c1ncc(N)cn1. The molecule has 0 unspecified atom stereocenters. The molecule has 1 aliphatic heterocycles. The third kappa shape index (κ3) is 2.86. The van der Waals surface area contributed by atoms with Crippen molar-refractivity contribution < 1.29 is 4.39 Å². The molecule has 21 heavy (non-hydrogen) atoms. The Morgan fingerprint density at radius 1 is 1.24 bits per heavy atom. The first kappa shape index (κ1) is 13.5. The molecule has 6 nitrogen and oxygen atoms in total. The number of pyridine rings is 1. The molecule has 3 heterocycles. The number of anilines is 3. The highest BCUT2D eigenvalue weighted by molar-refractivity contribution is 5.48. The van der Waals surface area contributed by atoms with Crippen molar-refractivity contribution in [2.75, 3.05) is 35.2 Å². The van der Waals surface area contributed by atoms with E-state index in [2.05, 4.69) is 31.7 Å². The second-order valence-corrected chi connectivity index (χ2v) is 5.14. The van der Waals surface area contributed by atoms with Gasteiger partial charge in [0.25, 0.3) is 0 Å². The molecule has 2 aromatic heterocycles. The van der Waals surface area contributed by atoms with Crippen LogP contribution in [0.3, 0.4) is 0 Å². The summed E-state index contributed by atoms with van der Waals surface area (Å²) in [5, 5.41) is 0. The third-order valence-electron chi connectivity index (χ3n) is 3.62. The van der Waals surface area contributed by atoms with Gasteiger partial charge in [-0.05, 0) is 13.0 Å². The lowest BCUT2D eigenvalue weighted by molar-refractivity contribution is 0.536. The molecule has 0 radical (unpaired) electrons. The molecule has 1 saturated heterocycles. The second kappa shape index (κ2) is 5.51. The van der Waals surface area contributed by atoms with Crippen LogP contribution in [0.4, 0.5) is 21.7 Å². The zero-order valence-corrected chi connectivity index (χ0v) is 11.8. The standard InChI is InChI=1S/C14H17FN6/c1-10-9-20(12-2-3-17-13(15)6-12)4-5-21(10)14-18-7-11(16)8-19-14/h2-3,6-8,10H,4-5,9,16H2,1H3/t10-/m0/s1. The Hall–Kier alpha value is -2.44. The van der Waals surface area contributed by atoms with Crippen LogP contribution in [0, 0.1) is 5.95 Å². The first-order valence-corrected chi connectivity index (χ1v) is 6.84. The van der Waals surface area contributed by atoms with Gasteiger partial charge in [0.1, 0.15) is 0 Å². The molecule has 0 aromatic carbocycles. The summed E-state index contributed by atoms with van der Waals surface area (Å²) in [6.07, 6.45) is 4.71. The summed E-state index contributed by atoms with van der Waals surface area (Å²) < 4.78 is 13.2. The summed E-state index contributed by atoms with van der Waals surface area (Å²) in [5.41, 5.74) is 7.02. The number of nitrogens with two attached hydrogens (primary N) is 1. The summed E-state index contributed by atoms with van der Waals surface area (Å²) >= 11 is 0. The molecular weight excluding hydrogens is 271 g/mol. The normalized spacial score (nSPS) is 18.9. The summed E-state index contributed by atoms with van der Waals surface area (Å²) in [6, 6.07) is 3.51. The van der Waals surface area contributed by atoms with E-state index in [9.17, 15) is 4.39 Å². The van der Waals surface area contributed by atoms with Gasteiger partial charge in [-0.1, -0.05) is 0 Å². The number of nitrogen functional groups attached to an aromatic ring is 1. The van der Waals surface area contributed by atoms with Gasteiger partial charge in [0.05, 0.1) is 18.1 Å². The molecule has 0 saturated carbocycles. The lowest BCUT2D eigenvalue weighted by Crippen LogP contribution is -2.52. The minimum Gasteiger partial charge on any atom is -0.396 e. The highest BCUT2D eigenvalue weighted by Gasteiger charge is 2.25. The van der Waals surface area contributed by atoms with E-state index < -0.39 is 5.95 Å². The van der Waals surface area contributed by atoms with E-state index in [1.165, 1.54) is 12.3 Å². The van der Waals surface area contributed by atoms with E-state index in [1.54, 1.807) is 12.4 Å². The highest BCUT2D eigenvalue weighted by atomic mass is 19.1. The molecule has 7 heteroatoms. The summed E-state index contributed by atoms with van der Waals surface area (Å²) in [5.74, 6) is 0.224. The number of aromatic nitrogens is 3. The minimum atomic E-state index is -0.454. The summed E-state index contributed by atoms with van der Waals surface area (Å²) in [7, 11) is 0. The zero-order chi connectivity index (χ0) is 14.8. The fourth-order valence-electron chi connectivity index (χ4n) is 2.56. The Balaban J connectivity index is 1.73. The average Bonchev–Trinajstić information content (AvgIpc) is 2.48. The lowest BCUT2D eigenvalue weighted by atomic mass is 10.2. The number of hydrogen-bond acceptors (Lipinski definition) is 6. The smallest absolute Gasteiger partial charge is 0.225 e. The third-order valence-corrected chi connectivity index (χ3v) is 3.62. The monoisotopic (exact) mass is 288 g/mol. The zero-order valence-electron chi connectivity index (χ0n) is 11.8. The first-order chi connectivity index (χ1) is 10.1. The van der Waals surface area contributed by atoms with Crippen LogP contribution in [-0.4, -0.2) is 40.6 Å². The fourth-order valence-corrected chi connectivity index (χ4v) is 2.56. The van der Waals surface area contributed by atoms with Crippen LogP contribution in [0.25, 0.3) is 0 Å². The van der Waals surface area contributed by atoms with E-state index >= 15 is 0 Å². The Bertz CT molecular complexity index is 617. The van der Waals surface area contributed by atoms with Crippen molar-refractivity contribution in [1.29, 1.82) is 0 Å². The van der Waals surface area contributed by atoms with Crippen LogP contribution in [0.15, 0.2) is 30.7 Å². The van der Waals surface area contributed by atoms with E-state index in [0.29, 0.717) is 11.6 Å². The second-order valence-electron chi connectivity index (χ2n) is 5.14. The van der Waals surface area contributed by atoms with Gasteiger partial charge in [-0.25, -0.2) is 15.0 Å². The fraction of sp³-hybridized carbons (Fsp3) is 0.357. The molecule has 1 fully saturated rings. The molecule has 0 amide bonds. The van der Waals surface area contributed by atoms with E-state index in [4.69, 9.17) is 5.73 Å². The molecule has 0 aliphatic carbocycles. The summed E-state index contributed by atoms with van der Waals surface area (Å²) in [6.45, 7) is 4.43. The van der Waals surface area contributed by atoms with Gasteiger partial charge < -0.3 is 15.5 Å². The largest absolute Gasteiger partial charge is 0.396 e. The number of rotatable bonds is 2. The average molecular weight is 288 g/mol. The maximum absolute atomic E-state index is 13.2. The van der Waals surface area contributed by atoms with Gasteiger partial charge in [-0.3, -0.25) is 0 Å². The number of halogens is 1. The van der Waals surface area contributed by atoms with Crippen molar-refractivity contribution in [3.05, 3.63) is 36.7 Å². The van der Waals surface area contributed by atoms with E-state index in [0.717, 1.165) is 25.3 Å². The molecule has 0 spiro atoms. The molecule has 1 aliphatic rings. The van der Waals surface area contributed by atoms with Crippen LogP contribution >= 0.6 is 0 Å². The van der Waals surface area contributed by atoms with Crippen molar-refractivity contribution in [3.63, 3.8) is 0 Å². The molecule has 2 aromatic rings. The van der Waals surface area contributed by atoms with Gasteiger partial charge in [-0.2, -0.15) is 4.39 Å². The molecule has 0 bridgehead atoms. The predicted octanol–water partition coefficient (Wildman–Crippen LogP) is 1.31. The Morgan fingerprint density at radius 2 is 2.00 bits per heavy atom. The highest BCUT2D eigenvalue weighted by Crippen LogP contribution is 2.21. The van der Waals surface area contributed by atoms with Gasteiger partial charge in [0.2, 0.25) is 11.9 Å². The van der Waals surface area contributed by atoms with Gasteiger partial charge in [0, 0.05) is 43.6 Å². The van der Waals surface area contributed by atoms with Crippen LogP contribution in [0.1, 0.15) is 6.92 Å². The number of nitrogens with zero attached hydrogens (tertiary/aromatic N) is 5. The Labute approximate surface area is 122 Å². The number of hydrogen-bond donors (Lipinski definition) is 1. The topological polar surface area (TPSA) is 71.2 Å². The number of piperazine rings is 1. The maximum atomic E-state index is 13.2. The quantitative estimate of drug-likeness (QED) is 0.840. The molecule has 2 N–H and O–H groups in total. The van der Waals surface area contributed by atoms with Crippen LogP contribution in [0.5, 0.6) is 0 Å². The van der Waals surface area contributed by atoms with E-state index in [-0.39, 0.29) is 6.04 Å². The molecular formula is C14H17FN6. The first-order valence-electron chi connectivity index (χ1n) is 6.84. The summed E-state index contributed by atoms with van der Waals surface area (Å²) in [4.78, 5) is 16.4. The van der Waals surface area contributed by atoms with Crippen molar-refractivity contribution in [3.8, 4) is 0 Å². The molecule has 1 atom stereocenters. The lowest BCUT2D eigenvalue weighted by Gasteiger charge is -2.40. The minimum absolute atomic E-state index is 0.221. The van der Waals surface area contributed by atoms with Gasteiger partial charge >= 0.3 is 0 Å². The van der Waals surface area contributed by atoms with Crippen LogP contribution in [-0.2, 0) is 0 Å². The van der Waals surface area contributed by atoms with Crippen molar-refractivity contribution in [2.45, 2.75) is 13.0 Å².